The number of likely N-dealkylation sites (tertiary alicyclic amines) is 1. The van der Waals surface area contributed by atoms with Gasteiger partial charge >= 0.3 is 5.69 Å². The zero-order valence-electron chi connectivity index (χ0n) is 8.61. The highest BCUT2D eigenvalue weighted by Crippen LogP contribution is 2.06. The van der Waals surface area contributed by atoms with Gasteiger partial charge in [-0.3, -0.25) is 9.55 Å². The number of hydrogen-bond donors (Lipinski definition) is 1. The number of nitrogens with one attached hydrogen (secondary N) is 1. The van der Waals surface area contributed by atoms with Crippen LogP contribution in [-0.2, 0) is 6.54 Å². The summed E-state index contributed by atoms with van der Waals surface area (Å²) in [5, 5.41) is 0. The summed E-state index contributed by atoms with van der Waals surface area (Å²) < 4.78 is 2.17. The maximum atomic E-state index is 11.5. The summed E-state index contributed by atoms with van der Waals surface area (Å²) in [7, 11) is 0. The van der Waals surface area contributed by atoms with Crippen molar-refractivity contribution in [2.75, 3.05) is 19.6 Å². The van der Waals surface area contributed by atoms with Crippen LogP contribution in [0.25, 0.3) is 0 Å². The zero-order chi connectivity index (χ0) is 10.7. The summed E-state index contributed by atoms with van der Waals surface area (Å²) in [6, 6.07) is 1.75. The lowest BCUT2D eigenvalue weighted by Gasteiger charge is -2.14. The van der Waals surface area contributed by atoms with Gasteiger partial charge in [-0.2, -0.15) is 0 Å². The van der Waals surface area contributed by atoms with Crippen LogP contribution in [0.4, 0.5) is 0 Å². The van der Waals surface area contributed by atoms with Crippen LogP contribution in [0.15, 0.2) is 17.1 Å². The predicted molar refractivity (Wildman–Crippen MR) is 61.6 cm³/mol. The minimum atomic E-state index is -0.110. The molecule has 0 unspecified atom stereocenters. The molecule has 0 aromatic carbocycles. The molecule has 0 spiro atoms. The van der Waals surface area contributed by atoms with Gasteiger partial charge in [0.2, 0.25) is 0 Å². The number of rotatable bonds is 3. The van der Waals surface area contributed by atoms with E-state index in [9.17, 15) is 4.79 Å². The molecule has 1 saturated heterocycles. The minimum absolute atomic E-state index is 0.110. The molecule has 1 aliphatic rings. The molecule has 0 saturated carbocycles. The molecule has 0 aliphatic carbocycles. The number of aromatic nitrogens is 2. The average Bonchev–Trinajstić information content (AvgIpc) is 2.69. The van der Waals surface area contributed by atoms with Crippen molar-refractivity contribution in [3.63, 3.8) is 0 Å². The second-order valence-electron chi connectivity index (χ2n) is 3.85. The highest BCUT2D eigenvalue weighted by molar-refractivity contribution is 7.71. The maximum absolute atomic E-state index is 11.5. The van der Waals surface area contributed by atoms with Crippen LogP contribution in [0.5, 0.6) is 0 Å². The van der Waals surface area contributed by atoms with Gasteiger partial charge < -0.3 is 4.90 Å². The molecule has 2 rings (SSSR count). The third-order valence-electron chi connectivity index (χ3n) is 2.75. The van der Waals surface area contributed by atoms with Gasteiger partial charge in [0.1, 0.15) is 4.64 Å². The molecule has 1 aliphatic heterocycles. The largest absolute Gasteiger partial charge is 0.326 e. The Morgan fingerprint density at radius 3 is 2.73 bits per heavy atom. The monoisotopic (exact) mass is 225 g/mol. The van der Waals surface area contributed by atoms with Crippen molar-refractivity contribution >= 4 is 12.2 Å². The number of hydrogen-bond acceptors (Lipinski definition) is 3. The van der Waals surface area contributed by atoms with E-state index >= 15 is 0 Å². The van der Waals surface area contributed by atoms with E-state index in [0.717, 1.165) is 26.2 Å². The molecule has 1 aromatic rings. The molecule has 0 bridgehead atoms. The fourth-order valence-electron chi connectivity index (χ4n) is 1.88. The molecule has 2 heterocycles. The Bertz CT molecular complexity index is 431. The lowest BCUT2D eigenvalue weighted by Crippen LogP contribution is -2.29. The van der Waals surface area contributed by atoms with Crippen LogP contribution in [-0.4, -0.2) is 34.1 Å². The van der Waals surface area contributed by atoms with Crippen molar-refractivity contribution in [3.05, 3.63) is 27.4 Å². The van der Waals surface area contributed by atoms with Gasteiger partial charge in [0.05, 0.1) is 0 Å². The van der Waals surface area contributed by atoms with Crippen molar-refractivity contribution in [3.8, 4) is 0 Å². The first-order valence-electron chi connectivity index (χ1n) is 5.28. The second-order valence-corrected chi connectivity index (χ2v) is 4.29. The third kappa shape index (κ3) is 2.76. The Morgan fingerprint density at radius 2 is 2.07 bits per heavy atom. The van der Waals surface area contributed by atoms with E-state index in [1.807, 2.05) is 0 Å². The lowest BCUT2D eigenvalue weighted by molar-refractivity contribution is 0.319. The first kappa shape index (κ1) is 10.6. The van der Waals surface area contributed by atoms with Crippen molar-refractivity contribution in [2.24, 2.45) is 0 Å². The van der Waals surface area contributed by atoms with E-state index in [4.69, 9.17) is 12.2 Å². The number of aromatic amines is 1. The average molecular weight is 225 g/mol. The first-order valence-corrected chi connectivity index (χ1v) is 5.69. The van der Waals surface area contributed by atoms with Crippen LogP contribution < -0.4 is 5.69 Å². The van der Waals surface area contributed by atoms with E-state index < -0.39 is 0 Å². The Morgan fingerprint density at radius 1 is 1.33 bits per heavy atom. The summed E-state index contributed by atoms with van der Waals surface area (Å²) in [6.07, 6.45) is 4.33. The van der Waals surface area contributed by atoms with Crippen LogP contribution in [0, 0.1) is 4.64 Å². The Hall–Kier alpha value is -0.940. The van der Waals surface area contributed by atoms with Crippen molar-refractivity contribution in [2.45, 2.75) is 19.4 Å². The molecular weight excluding hydrogens is 210 g/mol. The molecule has 1 fully saturated rings. The molecule has 4 nitrogen and oxygen atoms in total. The van der Waals surface area contributed by atoms with Crippen molar-refractivity contribution in [1.29, 1.82) is 0 Å². The molecule has 15 heavy (non-hydrogen) atoms. The Balaban J connectivity index is 1.98. The van der Waals surface area contributed by atoms with Gasteiger partial charge in [-0.15, -0.1) is 0 Å². The molecule has 0 radical (unpaired) electrons. The van der Waals surface area contributed by atoms with Gasteiger partial charge in [0.25, 0.3) is 0 Å². The van der Waals surface area contributed by atoms with Gasteiger partial charge in [-0.25, -0.2) is 4.79 Å². The van der Waals surface area contributed by atoms with E-state index in [0.29, 0.717) is 4.64 Å². The summed E-state index contributed by atoms with van der Waals surface area (Å²) in [4.78, 5) is 16.5. The Kier molecular flexibility index (Phi) is 3.33. The topological polar surface area (TPSA) is 41.0 Å². The third-order valence-corrected chi connectivity index (χ3v) is 2.99. The summed E-state index contributed by atoms with van der Waals surface area (Å²) >= 11 is 4.87. The van der Waals surface area contributed by atoms with Crippen LogP contribution >= 0.6 is 12.2 Å². The van der Waals surface area contributed by atoms with Crippen LogP contribution in [0.3, 0.4) is 0 Å². The standard InChI is InChI=1S/C10H15N3OS/c14-10-11-9(15)3-6-13(10)8-7-12-4-1-2-5-12/h3,6H,1-2,4-5,7-8H2,(H,11,14,15). The van der Waals surface area contributed by atoms with E-state index in [-0.39, 0.29) is 5.69 Å². The van der Waals surface area contributed by atoms with E-state index in [2.05, 4.69) is 9.88 Å². The number of H-pyrrole nitrogens is 1. The van der Waals surface area contributed by atoms with E-state index in [1.54, 1.807) is 16.8 Å². The summed E-state index contributed by atoms with van der Waals surface area (Å²) in [6.45, 7) is 4.02. The normalized spacial score (nSPS) is 17.1. The zero-order valence-corrected chi connectivity index (χ0v) is 9.42. The second kappa shape index (κ2) is 4.72. The van der Waals surface area contributed by atoms with Crippen LogP contribution in [0.1, 0.15) is 12.8 Å². The van der Waals surface area contributed by atoms with Gasteiger partial charge in [0.15, 0.2) is 0 Å². The maximum Gasteiger partial charge on any atom is 0.326 e. The van der Waals surface area contributed by atoms with Gasteiger partial charge in [-0.05, 0) is 32.0 Å². The lowest BCUT2D eigenvalue weighted by atomic mass is 10.4. The fourth-order valence-corrected chi connectivity index (χ4v) is 2.02. The Labute approximate surface area is 93.5 Å². The molecule has 1 N–H and O–H groups in total. The summed E-state index contributed by atoms with van der Waals surface area (Å²) in [5.41, 5.74) is -0.110. The molecule has 82 valence electrons. The highest BCUT2D eigenvalue weighted by Gasteiger charge is 2.10. The van der Waals surface area contributed by atoms with Gasteiger partial charge in [-0.1, -0.05) is 12.2 Å². The number of nitrogens with zero attached hydrogens (tertiary/aromatic N) is 2. The highest BCUT2D eigenvalue weighted by atomic mass is 32.1. The fraction of sp³-hybridized carbons (Fsp3) is 0.600. The summed E-state index contributed by atoms with van der Waals surface area (Å²) in [5.74, 6) is 0. The minimum Gasteiger partial charge on any atom is -0.302 e. The van der Waals surface area contributed by atoms with Crippen molar-refractivity contribution in [1.82, 2.24) is 14.5 Å². The van der Waals surface area contributed by atoms with Crippen molar-refractivity contribution < 1.29 is 0 Å². The SMILES string of the molecule is O=c1[nH]c(=S)ccn1CCN1CCCC1. The molecular formula is C10H15N3OS. The smallest absolute Gasteiger partial charge is 0.302 e. The molecule has 0 atom stereocenters. The molecule has 1 aromatic heterocycles. The van der Waals surface area contributed by atoms with Crippen LogP contribution in [0.2, 0.25) is 0 Å². The quantitative estimate of drug-likeness (QED) is 0.780. The molecule has 0 amide bonds. The van der Waals surface area contributed by atoms with E-state index in [1.165, 1.54) is 12.8 Å². The predicted octanol–water partition coefficient (Wildman–Crippen LogP) is 1.00. The first-order chi connectivity index (χ1) is 7.25. The van der Waals surface area contributed by atoms with Gasteiger partial charge in [0, 0.05) is 19.3 Å². The molecule has 5 heteroatoms.